The number of hydrogen-bond donors (Lipinski definition) is 2. The summed E-state index contributed by atoms with van der Waals surface area (Å²) in [6.07, 6.45) is 15.4. The summed E-state index contributed by atoms with van der Waals surface area (Å²) < 4.78 is 15.6. The van der Waals surface area contributed by atoms with Crippen LogP contribution < -0.4 is 4.74 Å². The van der Waals surface area contributed by atoms with Gasteiger partial charge >= 0.3 is 12.1 Å². The fourth-order valence-electron chi connectivity index (χ4n) is 4.38. The van der Waals surface area contributed by atoms with Crippen molar-refractivity contribution in [2.75, 3.05) is 13.2 Å². The predicted molar refractivity (Wildman–Crippen MR) is 152 cm³/mol. The van der Waals surface area contributed by atoms with Gasteiger partial charge in [0.1, 0.15) is 18.0 Å². The van der Waals surface area contributed by atoms with Gasteiger partial charge in [-0.25, -0.2) is 4.79 Å². The van der Waals surface area contributed by atoms with E-state index in [2.05, 4.69) is 6.92 Å². The van der Waals surface area contributed by atoms with Crippen LogP contribution >= 0.6 is 0 Å². The second-order valence-corrected chi connectivity index (χ2v) is 10.2. The summed E-state index contributed by atoms with van der Waals surface area (Å²) >= 11 is 0. The van der Waals surface area contributed by atoms with Gasteiger partial charge in [-0.05, 0) is 31.4 Å². The Morgan fingerprint density at radius 1 is 0.750 bits per heavy atom. The number of ether oxygens (including phenoxy) is 3. The number of aliphatic hydroxyl groups is 2. The van der Waals surface area contributed by atoms with Crippen molar-refractivity contribution in [1.82, 2.24) is 0 Å². The predicted octanol–water partition coefficient (Wildman–Crippen LogP) is 7.03. The van der Waals surface area contributed by atoms with Crippen LogP contribution in [0.3, 0.4) is 0 Å². The molecule has 1 atom stereocenters. The van der Waals surface area contributed by atoms with Crippen LogP contribution in [0.25, 0.3) is 0 Å². The van der Waals surface area contributed by atoms with Crippen molar-refractivity contribution in [3.05, 3.63) is 34.4 Å². The first kappa shape index (κ1) is 35.3. The first-order valence-electron chi connectivity index (χ1n) is 14.9. The van der Waals surface area contributed by atoms with E-state index in [1.165, 1.54) is 94.9 Å². The van der Waals surface area contributed by atoms with Crippen LogP contribution in [0.5, 0.6) is 5.75 Å². The fourth-order valence-corrected chi connectivity index (χ4v) is 4.38. The fraction of sp³-hybridized carbons (Fsp3) is 0.733. The zero-order chi connectivity index (χ0) is 29.4. The van der Waals surface area contributed by atoms with Gasteiger partial charge in [0, 0.05) is 18.6 Å². The number of hydrogen-bond acceptors (Lipinski definition) is 9. The number of benzene rings is 1. The van der Waals surface area contributed by atoms with Crippen LogP contribution in [-0.2, 0) is 14.3 Å². The molecule has 1 rings (SSSR count). The van der Waals surface area contributed by atoms with Gasteiger partial charge in [0.25, 0.3) is 5.69 Å². The molecule has 228 valence electrons. The van der Waals surface area contributed by atoms with Crippen LogP contribution in [0.4, 0.5) is 10.5 Å². The summed E-state index contributed by atoms with van der Waals surface area (Å²) in [5, 5.41) is 29.0. The molecule has 0 saturated carbocycles. The molecular weight excluding hydrogens is 518 g/mol. The average Bonchev–Trinajstić information content (AvgIpc) is 2.94. The molecule has 0 bridgehead atoms. The molecule has 10 heteroatoms. The molecule has 0 aliphatic carbocycles. The summed E-state index contributed by atoms with van der Waals surface area (Å²) in [6.45, 7) is 1.27. The molecule has 0 aliphatic heterocycles. The maximum absolute atomic E-state index is 12.3. The third-order valence-corrected chi connectivity index (χ3v) is 6.77. The number of nitro groups is 1. The Kier molecular flexibility index (Phi) is 20.3. The number of aliphatic hydroxyl groups excluding tert-OH is 2. The Morgan fingerprint density at radius 2 is 1.25 bits per heavy atom. The van der Waals surface area contributed by atoms with Crippen molar-refractivity contribution in [1.29, 1.82) is 0 Å². The van der Waals surface area contributed by atoms with Crippen molar-refractivity contribution in [3.63, 3.8) is 0 Å². The molecule has 1 aromatic rings. The molecule has 0 heterocycles. The minimum Gasteiger partial charge on any atom is -0.457 e. The van der Waals surface area contributed by atoms with Crippen LogP contribution in [0.1, 0.15) is 116 Å². The van der Waals surface area contributed by atoms with Crippen molar-refractivity contribution in [3.8, 4) is 5.75 Å². The molecule has 0 spiro atoms. The maximum Gasteiger partial charge on any atom is 0.514 e. The summed E-state index contributed by atoms with van der Waals surface area (Å²) in [6, 6.07) is 5.07. The number of non-ortho nitro benzene ring substituents is 1. The number of nitrogens with zero attached hydrogens (tertiary/aromatic N) is 1. The normalized spacial score (nSPS) is 11.8. The van der Waals surface area contributed by atoms with Gasteiger partial charge in [-0.1, -0.05) is 90.4 Å². The van der Waals surface area contributed by atoms with Gasteiger partial charge < -0.3 is 24.4 Å². The van der Waals surface area contributed by atoms with E-state index in [0.717, 1.165) is 19.3 Å². The molecule has 40 heavy (non-hydrogen) atoms. The van der Waals surface area contributed by atoms with E-state index in [1.54, 1.807) is 0 Å². The van der Waals surface area contributed by atoms with Crippen LogP contribution in [0, 0.1) is 10.1 Å². The lowest BCUT2D eigenvalue weighted by Gasteiger charge is -2.18. The molecular formula is C30H49NO9. The highest BCUT2D eigenvalue weighted by molar-refractivity contribution is 5.69. The number of unbranched alkanes of at least 4 members (excludes halogenated alkanes) is 13. The topological polar surface area (TPSA) is 145 Å². The molecule has 2 N–H and O–H groups in total. The minimum atomic E-state index is -0.982. The van der Waals surface area contributed by atoms with Crippen molar-refractivity contribution in [2.24, 2.45) is 0 Å². The number of carbonyl (C=O) groups is 2. The zero-order valence-corrected chi connectivity index (χ0v) is 24.1. The van der Waals surface area contributed by atoms with E-state index < -0.39 is 42.5 Å². The Hall–Kier alpha value is -2.72. The van der Waals surface area contributed by atoms with Crippen LogP contribution in [0.15, 0.2) is 24.3 Å². The van der Waals surface area contributed by atoms with Gasteiger partial charge in [-0.15, -0.1) is 0 Å². The third kappa shape index (κ3) is 17.8. The number of carbonyl (C=O) groups excluding carboxylic acids is 2. The lowest BCUT2D eigenvalue weighted by atomic mass is 10.0. The maximum atomic E-state index is 12.3. The molecule has 0 radical (unpaired) electrons. The summed E-state index contributed by atoms with van der Waals surface area (Å²) in [5.41, 5.74) is -0.126. The highest BCUT2D eigenvalue weighted by Crippen LogP contribution is 2.20. The standard InChI is InChI=1S/C30H49NO9/c1-2-3-4-5-6-7-8-9-10-11-12-13-14-15-16-26(21-22-29(34)38-28(23-32)24-33)39-30(35)40-27-19-17-25(18-20-27)31(36)37/h17-20,26,28,32-33H,2-16,21-24H2,1H3. The van der Waals surface area contributed by atoms with E-state index in [4.69, 9.17) is 24.4 Å². The molecule has 1 aromatic carbocycles. The SMILES string of the molecule is CCCCCCCCCCCCCCCCC(CCC(=O)OC(CO)CO)OC(=O)Oc1ccc([N+](=O)[O-])cc1. The van der Waals surface area contributed by atoms with E-state index in [9.17, 15) is 19.7 Å². The first-order valence-corrected chi connectivity index (χ1v) is 14.9. The van der Waals surface area contributed by atoms with Gasteiger partial charge in [0.15, 0.2) is 0 Å². The molecule has 0 aromatic heterocycles. The molecule has 1 unspecified atom stereocenters. The molecule has 0 aliphatic rings. The largest absolute Gasteiger partial charge is 0.514 e. The minimum absolute atomic E-state index is 0.0510. The van der Waals surface area contributed by atoms with E-state index in [1.807, 2.05) is 0 Å². The lowest BCUT2D eigenvalue weighted by Crippen LogP contribution is -2.27. The van der Waals surface area contributed by atoms with E-state index in [0.29, 0.717) is 6.42 Å². The number of nitro benzene ring substituents is 1. The Morgan fingerprint density at radius 3 is 1.73 bits per heavy atom. The zero-order valence-electron chi connectivity index (χ0n) is 24.1. The number of rotatable bonds is 24. The second kappa shape index (κ2) is 23.0. The summed E-state index contributed by atoms with van der Waals surface area (Å²) in [4.78, 5) is 34.7. The highest BCUT2D eigenvalue weighted by Gasteiger charge is 2.20. The third-order valence-electron chi connectivity index (χ3n) is 6.77. The summed E-state index contributed by atoms with van der Waals surface area (Å²) in [5.74, 6) is -0.495. The Labute approximate surface area is 238 Å². The summed E-state index contributed by atoms with van der Waals surface area (Å²) in [7, 11) is 0. The van der Waals surface area contributed by atoms with E-state index >= 15 is 0 Å². The molecule has 10 nitrogen and oxygen atoms in total. The van der Waals surface area contributed by atoms with Gasteiger partial charge in [0.2, 0.25) is 0 Å². The highest BCUT2D eigenvalue weighted by atomic mass is 16.7. The van der Waals surface area contributed by atoms with Crippen molar-refractivity contribution >= 4 is 17.8 Å². The molecule has 0 saturated heterocycles. The number of esters is 1. The molecule has 0 fully saturated rings. The first-order chi connectivity index (χ1) is 19.4. The monoisotopic (exact) mass is 567 g/mol. The van der Waals surface area contributed by atoms with Gasteiger partial charge in [-0.2, -0.15) is 0 Å². The smallest absolute Gasteiger partial charge is 0.457 e. The second-order valence-electron chi connectivity index (χ2n) is 10.2. The van der Waals surface area contributed by atoms with Gasteiger partial charge in [-0.3, -0.25) is 14.9 Å². The average molecular weight is 568 g/mol. The van der Waals surface area contributed by atoms with Crippen LogP contribution in [-0.4, -0.2) is 52.7 Å². The van der Waals surface area contributed by atoms with Crippen molar-refractivity contribution in [2.45, 2.75) is 128 Å². The van der Waals surface area contributed by atoms with Crippen LogP contribution in [0.2, 0.25) is 0 Å². The Bertz CT molecular complexity index is 812. The Balaban J connectivity index is 2.37. The quantitative estimate of drug-likeness (QED) is 0.0442. The molecule has 0 amide bonds. The lowest BCUT2D eigenvalue weighted by molar-refractivity contribution is -0.384. The van der Waals surface area contributed by atoms with E-state index in [-0.39, 0.29) is 24.3 Å². The van der Waals surface area contributed by atoms with Crippen molar-refractivity contribution < 1.29 is 38.9 Å². The van der Waals surface area contributed by atoms with Gasteiger partial charge in [0.05, 0.1) is 18.1 Å².